The molecule has 1 fully saturated rings. The summed E-state index contributed by atoms with van der Waals surface area (Å²) < 4.78 is 28.0. The number of likely N-dealkylation sites (N-methyl/N-ethyl adjacent to an activating group) is 1. The summed E-state index contributed by atoms with van der Waals surface area (Å²) in [4.78, 5) is 13.0. The van der Waals surface area contributed by atoms with Crippen LogP contribution in [0.15, 0.2) is 17.0 Å². The highest BCUT2D eigenvalue weighted by atomic mass is 35.7. The molecular formula is C11H10Cl3NO4S. The summed E-state index contributed by atoms with van der Waals surface area (Å²) >= 11 is 11.8. The van der Waals surface area contributed by atoms with Gasteiger partial charge in [0.05, 0.1) is 5.02 Å². The molecular weight excluding hydrogens is 349 g/mol. The summed E-state index contributed by atoms with van der Waals surface area (Å²) in [7, 11) is 2.90. The predicted molar refractivity (Wildman–Crippen MR) is 76.2 cm³/mol. The number of rotatable bonds is 3. The third-order valence-electron chi connectivity index (χ3n) is 2.92. The van der Waals surface area contributed by atoms with E-state index in [9.17, 15) is 13.2 Å². The van der Waals surface area contributed by atoms with Crippen LogP contribution in [0.1, 0.15) is 6.42 Å². The van der Waals surface area contributed by atoms with Crippen molar-refractivity contribution in [3.05, 3.63) is 22.2 Å². The van der Waals surface area contributed by atoms with Crippen molar-refractivity contribution in [1.82, 2.24) is 4.90 Å². The highest BCUT2D eigenvalue weighted by Gasteiger charge is 2.32. The lowest BCUT2D eigenvalue weighted by molar-refractivity contribution is -0.132. The molecule has 0 N–H and O–H groups in total. The zero-order valence-electron chi connectivity index (χ0n) is 10.3. The van der Waals surface area contributed by atoms with E-state index in [0.29, 0.717) is 13.0 Å². The first-order valence-electron chi connectivity index (χ1n) is 5.56. The minimum Gasteiger partial charge on any atom is -0.479 e. The van der Waals surface area contributed by atoms with Crippen LogP contribution in [0.2, 0.25) is 10.0 Å². The van der Waals surface area contributed by atoms with Gasteiger partial charge in [0.1, 0.15) is 15.7 Å². The molecule has 20 heavy (non-hydrogen) atoms. The summed E-state index contributed by atoms with van der Waals surface area (Å²) in [6.07, 6.45) is -0.120. The Bertz CT molecular complexity index is 662. The van der Waals surface area contributed by atoms with Crippen molar-refractivity contribution in [2.75, 3.05) is 13.6 Å². The lowest BCUT2D eigenvalue weighted by atomic mass is 10.3. The van der Waals surface area contributed by atoms with Gasteiger partial charge in [0.2, 0.25) is 0 Å². The van der Waals surface area contributed by atoms with Gasteiger partial charge in [0, 0.05) is 30.7 Å². The number of carbonyl (C=O) groups excluding carboxylic acids is 1. The SMILES string of the molecule is CN1CCC(Oc2ccc(S(=O)(=O)Cl)c(Cl)c2Cl)C1=O. The molecule has 0 aromatic heterocycles. The van der Waals surface area contributed by atoms with E-state index in [-0.39, 0.29) is 26.6 Å². The standard InChI is InChI=1S/C11H10Cl3NO4S/c1-15-5-4-7(11(15)16)19-6-2-3-8(20(14,17)18)10(13)9(6)12/h2-3,7H,4-5H2,1H3. The molecule has 0 spiro atoms. The van der Waals surface area contributed by atoms with Gasteiger partial charge in [-0.25, -0.2) is 8.42 Å². The molecule has 0 aliphatic carbocycles. The molecule has 0 radical (unpaired) electrons. The van der Waals surface area contributed by atoms with E-state index in [1.165, 1.54) is 17.0 Å². The summed E-state index contributed by atoms with van der Waals surface area (Å²) in [5.74, 6) is -0.0133. The fraction of sp³-hybridized carbons (Fsp3) is 0.364. The van der Waals surface area contributed by atoms with Crippen LogP contribution in [0.5, 0.6) is 5.75 Å². The molecule has 0 saturated carbocycles. The van der Waals surface area contributed by atoms with Crippen molar-refractivity contribution in [2.24, 2.45) is 0 Å². The Morgan fingerprint density at radius 2 is 1.95 bits per heavy atom. The van der Waals surface area contributed by atoms with Gasteiger partial charge >= 0.3 is 0 Å². The molecule has 2 rings (SSSR count). The van der Waals surface area contributed by atoms with Gasteiger partial charge < -0.3 is 9.64 Å². The highest BCUT2D eigenvalue weighted by molar-refractivity contribution is 8.13. The highest BCUT2D eigenvalue weighted by Crippen LogP contribution is 2.38. The van der Waals surface area contributed by atoms with E-state index in [1.807, 2.05) is 0 Å². The van der Waals surface area contributed by atoms with E-state index in [0.717, 1.165) is 0 Å². The summed E-state index contributed by atoms with van der Waals surface area (Å²) in [5, 5.41) is -0.311. The van der Waals surface area contributed by atoms with Crippen molar-refractivity contribution in [1.29, 1.82) is 0 Å². The second-order valence-electron chi connectivity index (χ2n) is 4.28. The third-order valence-corrected chi connectivity index (χ3v) is 5.26. The van der Waals surface area contributed by atoms with Crippen molar-refractivity contribution >= 4 is 48.8 Å². The first kappa shape index (κ1) is 15.7. The van der Waals surface area contributed by atoms with Crippen LogP contribution in [-0.4, -0.2) is 38.9 Å². The molecule has 1 aliphatic rings. The third kappa shape index (κ3) is 2.98. The van der Waals surface area contributed by atoms with Crippen LogP contribution in [0.4, 0.5) is 0 Å². The quantitative estimate of drug-likeness (QED) is 0.779. The molecule has 110 valence electrons. The minimum absolute atomic E-state index is 0.0873. The Labute approximate surface area is 130 Å². The normalized spacial score (nSPS) is 19.5. The van der Waals surface area contributed by atoms with Crippen LogP contribution < -0.4 is 4.74 Å². The number of likely N-dealkylation sites (tertiary alicyclic amines) is 1. The van der Waals surface area contributed by atoms with Gasteiger partial charge in [-0.2, -0.15) is 0 Å². The monoisotopic (exact) mass is 357 g/mol. The number of amides is 1. The molecule has 1 heterocycles. The second-order valence-corrected chi connectivity index (χ2v) is 7.57. The maximum atomic E-state index is 11.7. The van der Waals surface area contributed by atoms with Gasteiger partial charge in [-0.05, 0) is 12.1 Å². The van der Waals surface area contributed by atoms with Gasteiger partial charge in [0.15, 0.2) is 6.10 Å². The molecule has 1 saturated heterocycles. The Morgan fingerprint density at radius 3 is 2.45 bits per heavy atom. The first-order chi connectivity index (χ1) is 9.21. The van der Waals surface area contributed by atoms with Crippen LogP contribution in [0, 0.1) is 0 Å². The number of halogens is 3. The lowest BCUT2D eigenvalue weighted by Crippen LogP contribution is -2.29. The van der Waals surface area contributed by atoms with Crippen molar-refractivity contribution in [3.8, 4) is 5.75 Å². The molecule has 1 aliphatic heterocycles. The molecule has 0 bridgehead atoms. The van der Waals surface area contributed by atoms with Gasteiger partial charge in [-0.3, -0.25) is 4.79 Å². The molecule has 1 atom stereocenters. The topological polar surface area (TPSA) is 63.7 Å². The molecule has 1 unspecified atom stereocenters. The summed E-state index contributed by atoms with van der Waals surface area (Å²) in [6.45, 7) is 0.586. The number of ether oxygens (including phenoxy) is 1. The van der Waals surface area contributed by atoms with Crippen molar-refractivity contribution in [3.63, 3.8) is 0 Å². The maximum Gasteiger partial charge on any atom is 0.263 e. The zero-order chi connectivity index (χ0) is 15.1. The minimum atomic E-state index is -3.99. The Hall–Kier alpha value is -0.690. The molecule has 1 aromatic carbocycles. The molecule has 9 heteroatoms. The fourth-order valence-corrected chi connectivity index (χ4v) is 3.62. The van der Waals surface area contributed by atoms with E-state index >= 15 is 0 Å². The number of nitrogens with zero attached hydrogens (tertiary/aromatic N) is 1. The van der Waals surface area contributed by atoms with Gasteiger partial charge in [0.25, 0.3) is 15.0 Å². The van der Waals surface area contributed by atoms with E-state index < -0.39 is 15.2 Å². The van der Waals surface area contributed by atoms with E-state index in [4.69, 9.17) is 38.6 Å². The second kappa shape index (κ2) is 5.60. The van der Waals surface area contributed by atoms with Crippen molar-refractivity contribution < 1.29 is 17.9 Å². The predicted octanol–water partition coefficient (Wildman–Crippen LogP) is 2.53. The Morgan fingerprint density at radius 1 is 1.30 bits per heavy atom. The van der Waals surface area contributed by atoms with Gasteiger partial charge in [-0.1, -0.05) is 23.2 Å². The smallest absolute Gasteiger partial charge is 0.263 e. The van der Waals surface area contributed by atoms with E-state index in [2.05, 4.69) is 0 Å². The summed E-state index contributed by atoms with van der Waals surface area (Å²) in [6, 6.07) is 2.52. The van der Waals surface area contributed by atoms with Crippen molar-refractivity contribution in [2.45, 2.75) is 17.4 Å². The average Bonchev–Trinajstić information content (AvgIpc) is 2.65. The van der Waals surface area contributed by atoms with Crippen LogP contribution >= 0.6 is 33.9 Å². The Balaban J connectivity index is 2.31. The fourth-order valence-electron chi connectivity index (χ4n) is 1.85. The van der Waals surface area contributed by atoms with Crippen LogP contribution in [-0.2, 0) is 13.8 Å². The lowest BCUT2D eigenvalue weighted by Gasteiger charge is -2.15. The molecule has 5 nitrogen and oxygen atoms in total. The number of hydrogen-bond donors (Lipinski definition) is 0. The number of carbonyl (C=O) groups is 1. The number of hydrogen-bond acceptors (Lipinski definition) is 4. The molecule has 1 aromatic rings. The summed E-state index contributed by atoms with van der Waals surface area (Å²) in [5.41, 5.74) is 0. The average molecular weight is 359 g/mol. The number of benzene rings is 1. The van der Waals surface area contributed by atoms with E-state index in [1.54, 1.807) is 7.05 Å². The maximum absolute atomic E-state index is 11.7. The van der Waals surface area contributed by atoms with Gasteiger partial charge in [-0.15, -0.1) is 0 Å². The van der Waals surface area contributed by atoms with Crippen LogP contribution in [0.3, 0.4) is 0 Å². The largest absolute Gasteiger partial charge is 0.479 e. The zero-order valence-corrected chi connectivity index (χ0v) is 13.4. The Kier molecular flexibility index (Phi) is 4.39. The first-order valence-corrected chi connectivity index (χ1v) is 8.62. The van der Waals surface area contributed by atoms with Crippen LogP contribution in [0.25, 0.3) is 0 Å². The molecule has 1 amide bonds.